The highest BCUT2D eigenvalue weighted by molar-refractivity contribution is 5.26. The van der Waals surface area contributed by atoms with Gasteiger partial charge in [0.15, 0.2) is 0 Å². The smallest absolute Gasteiger partial charge is 0.0234 e. The number of hydrogen-bond acceptors (Lipinski definition) is 3. The first-order valence-electron chi connectivity index (χ1n) is 6.83. The zero-order valence-electron chi connectivity index (χ0n) is 11.6. The van der Waals surface area contributed by atoms with Gasteiger partial charge in [-0.15, -0.1) is 0 Å². The summed E-state index contributed by atoms with van der Waals surface area (Å²) in [6.45, 7) is 5.31. The van der Waals surface area contributed by atoms with Crippen LogP contribution in [0.2, 0.25) is 0 Å². The minimum atomic E-state index is 0.635. The van der Waals surface area contributed by atoms with Gasteiger partial charge >= 0.3 is 0 Å². The highest BCUT2D eigenvalue weighted by atomic mass is 15.1. The summed E-state index contributed by atoms with van der Waals surface area (Å²) in [5, 5.41) is 0. The minimum absolute atomic E-state index is 0.635. The molecule has 0 amide bonds. The molecule has 0 radical (unpaired) electrons. The summed E-state index contributed by atoms with van der Waals surface area (Å²) < 4.78 is 0. The van der Waals surface area contributed by atoms with Gasteiger partial charge in [0.25, 0.3) is 0 Å². The Hall–Kier alpha value is -0.900. The van der Waals surface area contributed by atoms with Crippen molar-refractivity contribution < 1.29 is 0 Å². The predicted octanol–water partition coefficient (Wildman–Crippen LogP) is 1.53. The van der Waals surface area contributed by atoms with Crippen molar-refractivity contribution in [1.29, 1.82) is 0 Å². The molecule has 2 rings (SSSR count). The molecule has 1 aromatic rings. The predicted molar refractivity (Wildman–Crippen MR) is 76.3 cm³/mol. The molecule has 2 N–H and O–H groups in total. The number of benzene rings is 1. The van der Waals surface area contributed by atoms with E-state index in [0.29, 0.717) is 6.54 Å². The summed E-state index contributed by atoms with van der Waals surface area (Å²) in [7, 11) is 4.43. The van der Waals surface area contributed by atoms with Crippen LogP contribution in [0.3, 0.4) is 0 Å². The van der Waals surface area contributed by atoms with Crippen LogP contribution in [0.15, 0.2) is 24.3 Å². The highest BCUT2D eigenvalue weighted by Crippen LogP contribution is 2.17. The van der Waals surface area contributed by atoms with Crippen LogP contribution in [0.1, 0.15) is 17.5 Å². The van der Waals surface area contributed by atoms with E-state index in [1.807, 2.05) is 0 Å². The third-order valence-electron chi connectivity index (χ3n) is 3.84. The molecule has 100 valence electrons. The van der Waals surface area contributed by atoms with Gasteiger partial charge < -0.3 is 15.5 Å². The fourth-order valence-corrected chi connectivity index (χ4v) is 2.88. The Morgan fingerprint density at radius 1 is 1.33 bits per heavy atom. The van der Waals surface area contributed by atoms with E-state index in [2.05, 4.69) is 48.2 Å². The second-order valence-electron chi connectivity index (χ2n) is 5.59. The van der Waals surface area contributed by atoms with E-state index in [0.717, 1.165) is 12.5 Å². The van der Waals surface area contributed by atoms with Crippen molar-refractivity contribution in [3.63, 3.8) is 0 Å². The normalized spacial score (nSPS) is 20.8. The third-order valence-corrected chi connectivity index (χ3v) is 3.84. The van der Waals surface area contributed by atoms with Crippen LogP contribution in [0.4, 0.5) is 0 Å². The van der Waals surface area contributed by atoms with Crippen LogP contribution < -0.4 is 5.73 Å². The molecular weight excluding hydrogens is 222 g/mol. The first-order valence-corrected chi connectivity index (χ1v) is 6.83. The molecule has 0 aliphatic carbocycles. The summed E-state index contributed by atoms with van der Waals surface area (Å²) in [4.78, 5) is 4.85. The van der Waals surface area contributed by atoms with Crippen molar-refractivity contribution in [3.05, 3.63) is 35.4 Å². The van der Waals surface area contributed by atoms with Crippen LogP contribution in [-0.2, 0) is 13.1 Å². The lowest BCUT2D eigenvalue weighted by Gasteiger charge is -2.22. The molecule has 1 fully saturated rings. The van der Waals surface area contributed by atoms with Gasteiger partial charge in [-0.1, -0.05) is 24.3 Å². The number of hydrogen-bond donors (Lipinski definition) is 1. The standard InChI is InChI=1S/C15H25N3/c1-17-8-7-13(10-17)11-18(2)12-15-6-4-3-5-14(15)9-16/h3-6,13H,7-12,16H2,1-2H3. The first-order chi connectivity index (χ1) is 8.69. The van der Waals surface area contributed by atoms with Gasteiger partial charge in [-0.3, -0.25) is 0 Å². The van der Waals surface area contributed by atoms with E-state index in [-0.39, 0.29) is 0 Å². The van der Waals surface area contributed by atoms with Gasteiger partial charge in [-0.2, -0.15) is 0 Å². The molecule has 3 nitrogen and oxygen atoms in total. The fourth-order valence-electron chi connectivity index (χ4n) is 2.88. The lowest BCUT2D eigenvalue weighted by molar-refractivity contribution is 0.266. The Balaban J connectivity index is 1.88. The maximum Gasteiger partial charge on any atom is 0.0234 e. The van der Waals surface area contributed by atoms with Crippen LogP contribution >= 0.6 is 0 Å². The van der Waals surface area contributed by atoms with Gasteiger partial charge in [-0.25, -0.2) is 0 Å². The van der Waals surface area contributed by atoms with Gasteiger partial charge in [-0.05, 0) is 44.1 Å². The van der Waals surface area contributed by atoms with Crippen LogP contribution in [0.25, 0.3) is 0 Å². The molecule has 1 aromatic carbocycles. The van der Waals surface area contributed by atoms with Crippen molar-refractivity contribution in [2.75, 3.05) is 33.7 Å². The molecule has 0 aromatic heterocycles. The van der Waals surface area contributed by atoms with Crippen molar-refractivity contribution in [2.45, 2.75) is 19.5 Å². The monoisotopic (exact) mass is 247 g/mol. The van der Waals surface area contributed by atoms with Crippen molar-refractivity contribution >= 4 is 0 Å². The zero-order valence-corrected chi connectivity index (χ0v) is 11.6. The third kappa shape index (κ3) is 3.55. The molecule has 3 heteroatoms. The van der Waals surface area contributed by atoms with Gasteiger partial charge in [0, 0.05) is 26.2 Å². The van der Waals surface area contributed by atoms with Gasteiger partial charge in [0.1, 0.15) is 0 Å². The number of rotatable bonds is 5. The molecule has 1 saturated heterocycles. The number of nitrogens with two attached hydrogens (primary N) is 1. The minimum Gasteiger partial charge on any atom is -0.326 e. The van der Waals surface area contributed by atoms with E-state index in [9.17, 15) is 0 Å². The maximum atomic E-state index is 5.78. The lowest BCUT2D eigenvalue weighted by Crippen LogP contribution is -2.27. The quantitative estimate of drug-likeness (QED) is 0.856. The van der Waals surface area contributed by atoms with E-state index < -0.39 is 0 Å². The van der Waals surface area contributed by atoms with Crippen molar-refractivity contribution in [2.24, 2.45) is 11.7 Å². The Bertz CT molecular complexity index is 378. The molecule has 0 spiro atoms. The summed E-state index contributed by atoms with van der Waals surface area (Å²) in [5.74, 6) is 0.824. The second-order valence-corrected chi connectivity index (χ2v) is 5.59. The Kier molecular flexibility index (Phi) is 4.75. The van der Waals surface area contributed by atoms with Crippen molar-refractivity contribution in [3.8, 4) is 0 Å². The molecule has 1 aliphatic rings. The van der Waals surface area contributed by atoms with Crippen LogP contribution in [0.5, 0.6) is 0 Å². The SMILES string of the molecule is CN1CCC(CN(C)Cc2ccccc2CN)C1. The average molecular weight is 247 g/mol. The molecule has 1 heterocycles. The second kappa shape index (κ2) is 6.32. The fraction of sp³-hybridized carbons (Fsp3) is 0.600. The topological polar surface area (TPSA) is 32.5 Å². The largest absolute Gasteiger partial charge is 0.326 e. The van der Waals surface area contributed by atoms with Crippen molar-refractivity contribution in [1.82, 2.24) is 9.80 Å². The average Bonchev–Trinajstić information content (AvgIpc) is 2.75. The number of likely N-dealkylation sites (tertiary alicyclic amines) is 1. The molecular formula is C15H25N3. The van der Waals surface area contributed by atoms with E-state index in [4.69, 9.17) is 5.73 Å². The molecule has 0 bridgehead atoms. The summed E-state index contributed by atoms with van der Waals surface area (Å²) >= 11 is 0. The highest BCUT2D eigenvalue weighted by Gasteiger charge is 2.20. The maximum absolute atomic E-state index is 5.78. The Morgan fingerprint density at radius 3 is 2.67 bits per heavy atom. The summed E-state index contributed by atoms with van der Waals surface area (Å²) in [6, 6.07) is 8.50. The molecule has 0 saturated carbocycles. The molecule has 1 atom stereocenters. The Morgan fingerprint density at radius 2 is 2.06 bits per heavy atom. The van der Waals surface area contributed by atoms with Crippen LogP contribution in [0, 0.1) is 5.92 Å². The first kappa shape index (κ1) is 13.5. The van der Waals surface area contributed by atoms with E-state index in [1.54, 1.807) is 0 Å². The molecule has 18 heavy (non-hydrogen) atoms. The molecule has 1 aliphatic heterocycles. The Labute approximate surface area is 111 Å². The van der Waals surface area contributed by atoms with E-state index in [1.165, 1.54) is 37.2 Å². The van der Waals surface area contributed by atoms with Gasteiger partial charge in [0.05, 0.1) is 0 Å². The lowest BCUT2D eigenvalue weighted by atomic mass is 10.1. The molecule has 1 unspecified atom stereocenters. The van der Waals surface area contributed by atoms with Gasteiger partial charge in [0.2, 0.25) is 0 Å². The van der Waals surface area contributed by atoms with E-state index >= 15 is 0 Å². The summed E-state index contributed by atoms with van der Waals surface area (Å²) in [5.41, 5.74) is 8.42. The van der Waals surface area contributed by atoms with Crippen LogP contribution in [-0.4, -0.2) is 43.5 Å². The summed E-state index contributed by atoms with van der Waals surface area (Å²) in [6.07, 6.45) is 1.33. The number of nitrogens with zero attached hydrogens (tertiary/aromatic N) is 2. The zero-order chi connectivity index (χ0) is 13.0.